The number of nitrogens with one attached hydrogen (secondary N) is 2. The highest BCUT2D eigenvalue weighted by Gasteiger charge is 2.24. The molecule has 0 saturated carbocycles. The first-order chi connectivity index (χ1) is 15.2. The van der Waals surface area contributed by atoms with E-state index in [2.05, 4.69) is 10.6 Å². The van der Waals surface area contributed by atoms with Gasteiger partial charge in [0, 0.05) is 0 Å². The average molecular weight is 410 g/mol. The van der Waals surface area contributed by atoms with Crippen LogP contribution >= 0.6 is 0 Å². The Bertz CT molecular complexity index is 1100. The fourth-order valence-electron chi connectivity index (χ4n) is 3.46. The molecule has 5 heteroatoms. The van der Waals surface area contributed by atoms with Crippen LogP contribution in [0.3, 0.4) is 0 Å². The van der Waals surface area contributed by atoms with Crippen LogP contribution in [0.1, 0.15) is 33.2 Å². The number of carbonyl (C=O) groups excluding carboxylic acids is 2. The van der Waals surface area contributed by atoms with E-state index >= 15 is 0 Å². The highest BCUT2D eigenvalue weighted by Crippen LogP contribution is 2.27. The van der Waals surface area contributed by atoms with Crippen LogP contribution in [0, 0.1) is 0 Å². The Morgan fingerprint density at radius 1 is 0.742 bits per heavy atom. The molecule has 3 aromatic carbocycles. The molecule has 5 nitrogen and oxygen atoms in total. The third kappa shape index (κ3) is 4.90. The van der Waals surface area contributed by atoms with Gasteiger partial charge in [0.1, 0.15) is 5.76 Å². The van der Waals surface area contributed by atoms with Gasteiger partial charge in [-0.1, -0.05) is 72.8 Å². The van der Waals surface area contributed by atoms with Crippen molar-refractivity contribution in [3.8, 4) is 0 Å². The Balaban J connectivity index is 1.57. The molecule has 0 bridgehead atoms. The number of benzene rings is 3. The van der Waals surface area contributed by atoms with E-state index in [1.807, 2.05) is 60.7 Å². The number of rotatable bonds is 7. The first-order valence-corrected chi connectivity index (χ1v) is 10.0. The zero-order chi connectivity index (χ0) is 21.5. The van der Waals surface area contributed by atoms with Crippen LogP contribution in [0.4, 0.5) is 5.69 Å². The van der Waals surface area contributed by atoms with Gasteiger partial charge in [-0.3, -0.25) is 9.59 Å². The Morgan fingerprint density at radius 2 is 1.35 bits per heavy atom. The molecule has 0 fully saturated rings. The molecular formula is C26H22N2O3. The van der Waals surface area contributed by atoms with Gasteiger partial charge in [-0.15, -0.1) is 0 Å². The van der Waals surface area contributed by atoms with Crippen LogP contribution in [-0.2, 0) is 11.3 Å². The summed E-state index contributed by atoms with van der Waals surface area (Å²) < 4.78 is 5.26. The van der Waals surface area contributed by atoms with Gasteiger partial charge < -0.3 is 15.1 Å². The van der Waals surface area contributed by atoms with Crippen molar-refractivity contribution in [2.24, 2.45) is 0 Å². The molecule has 2 amide bonds. The second kappa shape index (κ2) is 9.59. The molecule has 0 atom stereocenters. The van der Waals surface area contributed by atoms with E-state index in [1.54, 1.807) is 42.7 Å². The van der Waals surface area contributed by atoms with Gasteiger partial charge in [-0.25, -0.2) is 0 Å². The summed E-state index contributed by atoms with van der Waals surface area (Å²) in [6.45, 7) is 0.269. The van der Waals surface area contributed by atoms with Crippen LogP contribution in [0.2, 0.25) is 0 Å². The maximum absolute atomic E-state index is 13.4. The molecule has 0 saturated heterocycles. The first-order valence-electron chi connectivity index (χ1n) is 10.0. The van der Waals surface area contributed by atoms with Gasteiger partial charge in [-0.2, -0.15) is 0 Å². The predicted octanol–water partition coefficient (Wildman–Crippen LogP) is 4.98. The minimum atomic E-state index is -0.498. The first kappa shape index (κ1) is 20.2. The highest BCUT2D eigenvalue weighted by atomic mass is 16.3. The monoisotopic (exact) mass is 410 g/mol. The summed E-state index contributed by atoms with van der Waals surface area (Å²) in [6.07, 6.45) is 1.56. The molecule has 0 aliphatic heterocycles. The summed E-state index contributed by atoms with van der Waals surface area (Å²) in [5.74, 6) is -0.336. The Morgan fingerprint density at radius 3 is 1.97 bits per heavy atom. The maximum atomic E-state index is 13.4. The topological polar surface area (TPSA) is 71.3 Å². The van der Waals surface area contributed by atoms with E-state index in [1.165, 1.54) is 0 Å². The standard InChI is InChI=1S/C26H22N2O3/c29-25(27-18-21-14-9-17-31-21)22-15-7-8-16-23(22)28-26(30)24(19-10-3-1-4-11-19)20-12-5-2-6-13-20/h1-17,24H,18H2,(H,27,29)(H,28,30). The number of amides is 2. The quantitative estimate of drug-likeness (QED) is 0.451. The third-order valence-electron chi connectivity index (χ3n) is 4.96. The number of carbonyl (C=O) groups is 2. The van der Waals surface area contributed by atoms with E-state index in [9.17, 15) is 9.59 Å². The molecule has 31 heavy (non-hydrogen) atoms. The third-order valence-corrected chi connectivity index (χ3v) is 4.96. The fraction of sp³-hybridized carbons (Fsp3) is 0.0769. The van der Waals surface area contributed by atoms with E-state index in [0.717, 1.165) is 11.1 Å². The molecule has 1 heterocycles. The lowest BCUT2D eigenvalue weighted by Gasteiger charge is -2.19. The minimum absolute atomic E-state index is 0.205. The zero-order valence-corrected chi connectivity index (χ0v) is 16.8. The van der Waals surface area contributed by atoms with Gasteiger partial charge in [0.05, 0.1) is 30.0 Å². The Kier molecular flexibility index (Phi) is 6.24. The molecule has 4 rings (SSSR count). The molecule has 0 unspecified atom stereocenters. The molecule has 0 aliphatic carbocycles. The summed E-state index contributed by atoms with van der Waals surface area (Å²) in [4.78, 5) is 26.1. The molecule has 154 valence electrons. The summed E-state index contributed by atoms with van der Waals surface area (Å²) in [6, 6.07) is 29.7. The average Bonchev–Trinajstić information content (AvgIpc) is 3.33. The minimum Gasteiger partial charge on any atom is -0.467 e. The van der Waals surface area contributed by atoms with Crippen molar-refractivity contribution in [3.63, 3.8) is 0 Å². The predicted molar refractivity (Wildman–Crippen MR) is 120 cm³/mol. The van der Waals surface area contributed by atoms with Crippen LogP contribution in [0.5, 0.6) is 0 Å². The molecule has 0 radical (unpaired) electrons. The SMILES string of the molecule is O=C(NCc1ccco1)c1ccccc1NC(=O)C(c1ccccc1)c1ccccc1. The van der Waals surface area contributed by atoms with Gasteiger partial charge in [0.25, 0.3) is 5.91 Å². The largest absolute Gasteiger partial charge is 0.467 e. The van der Waals surface area contributed by atoms with Crippen molar-refractivity contribution >= 4 is 17.5 Å². The normalized spacial score (nSPS) is 10.6. The molecule has 4 aromatic rings. The van der Waals surface area contributed by atoms with E-state index in [4.69, 9.17) is 4.42 Å². The van der Waals surface area contributed by atoms with E-state index in [-0.39, 0.29) is 18.4 Å². The maximum Gasteiger partial charge on any atom is 0.253 e. The summed E-state index contributed by atoms with van der Waals surface area (Å²) in [5, 5.41) is 5.78. The second-order valence-corrected chi connectivity index (χ2v) is 7.05. The summed E-state index contributed by atoms with van der Waals surface area (Å²) in [7, 11) is 0. The van der Waals surface area contributed by atoms with Gasteiger partial charge in [0.2, 0.25) is 5.91 Å². The number of hydrogen-bond acceptors (Lipinski definition) is 3. The lowest BCUT2D eigenvalue weighted by atomic mass is 9.90. The van der Waals surface area contributed by atoms with Crippen molar-refractivity contribution in [1.82, 2.24) is 5.32 Å². The molecule has 0 aliphatic rings. The lowest BCUT2D eigenvalue weighted by Crippen LogP contribution is -2.26. The molecular weight excluding hydrogens is 388 g/mol. The lowest BCUT2D eigenvalue weighted by molar-refractivity contribution is -0.116. The number of furan rings is 1. The molecule has 1 aromatic heterocycles. The van der Waals surface area contributed by atoms with Crippen molar-refractivity contribution in [2.75, 3.05) is 5.32 Å². The van der Waals surface area contributed by atoms with Crippen LogP contribution in [0.25, 0.3) is 0 Å². The van der Waals surface area contributed by atoms with Crippen LogP contribution < -0.4 is 10.6 Å². The molecule has 2 N–H and O–H groups in total. The smallest absolute Gasteiger partial charge is 0.253 e. The number of para-hydroxylation sites is 1. The Hall–Kier alpha value is -4.12. The summed E-state index contributed by atoms with van der Waals surface area (Å²) >= 11 is 0. The fourth-order valence-corrected chi connectivity index (χ4v) is 3.46. The zero-order valence-electron chi connectivity index (χ0n) is 16.8. The van der Waals surface area contributed by atoms with E-state index < -0.39 is 5.92 Å². The number of anilines is 1. The van der Waals surface area contributed by atoms with Crippen molar-refractivity contribution in [3.05, 3.63) is 126 Å². The Labute approximate surface area is 180 Å². The highest BCUT2D eigenvalue weighted by molar-refractivity contribution is 6.05. The van der Waals surface area contributed by atoms with Crippen LogP contribution in [-0.4, -0.2) is 11.8 Å². The van der Waals surface area contributed by atoms with Gasteiger partial charge in [-0.05, 0) is 35.4 Å². The van der Waals surface area contributed by atoms with Gasteiger partial charge >= 0.3 is 0 Å². The van der Waals surface area contributed by atoms with Crippen LogP contribution in [0.15, 0.2) is 108 Å². The van der Waals surface area contributed by atoms with E-state index in [0.29, 0.717) is 17.0 Å². The summed E-state index contributed by atoms with van der Waals surface area (Å²) in [5.41, 5.74) is 2.61. The second-order valence-electron chi connectivity index (χ2n) is 7.05. The molecule has 0 spiro atoms. The van der Waals surface area contributed by atoms with Crippen molar-refractivity contribution in [2.45, 2.75) is 12.5 Å². The van der Waals surface area contributed by atoms with Crippen molar-refractivity contribution in [1.29, 1.82) is 0 Å². The van der Waals surface area contributed by atoms with Gasteiger partial charge in [0.15, 0.2) is 0 Å². The van der Waals surface area contributed by atoms with Crippen molar-refractivity contribution < 1.29 is 14.0 Å². The number of hydrogen-bond donors (Lipinski definition) is 2.